The maximum atomic E-state index is 12.3. The molecule has 0 unspecified atom stereocenters. The zero-order chi connectivity index (χ0) is 15.0. The molecule has 0 fully saturated rings. The average Bonchev–Trinajstić information content (AvgIpc) is 1.95. The van der Waals surface area contributed by atoms with Gasteiger partial charge in [-0.25, -0.2) is 0 Å². The molecule has 0 bridgehead atoms. The van der Waals surface area contributed by atoms with E-state index < -0.39 is 40.2 Å². The number of rotatable bonds is 4. The Bertz CT molecular complexity index is 423. The molecule has 0 aliphatic carbocycles. The lowest BCUT2D eigenvalue weighted by Gasteiger charge is -2.26. The number of hydrogen-bond acceptors (Lipinski definition) is 4. The van der Waals surface area contributed by atoms with Gasteiger partial charge in [-0.3, -0.25) is 4.79 Å². The van der Waals surface area contributed by atoms with Crippen LogP contribution in [0.25, 0.3) is 0 Å². The summed E-state index contributed by atoms with van der Waals surface area (Å²) in [5.41, 5.74) is 0. The Labute approximate surface area is 93.7 Å². The summed E-state index contributed by atoms with van der Waals surface area (Å²) < 4.78 is 117. The van der Waals surface area contributed by atoms with Crippen molar-refractivity contribution in [1.82, 2.24) is 0 Å². The van der Waals surface area contributed by atoms with Crippen LogP contribution in [0.15, 0.2) is 0 Å². The zero-order valence-corrected chi connectivity index (χ0v) is 8.59. The van der Waals surface area contributed by atoms with Gasteiger partial charge in [0.1, 0.15) is 0 Å². The first kappa shape index (κ1) is 16.9. The summed E-state index contributed by atoms with van der Waals surface area (Å²) in [5.74, 6) is -12.0. The third-order valence-electron chi connectivity index (χ3n) is 1.25. The fourth-order valence-corrected chi connectivity index (χ4v) is 0.883. The van der Waals surface area contributed by atoms with Crippen LogP contribution in [-0.4, -0.2) is 38.3 Å². The van der Waals surface area contributed by atoms with Crippen molar-refractivity contribution in [2.24, 2.45) is 0 Å². The first-order valence-corrected chi connectivity index (χ1v) is 5.12. The van der Waals surface area contributed by atoms with E-state index in [1.807, 2.05) is 0 Å². The lowest BCUT2D eigenvalue weighted by molar-refractivity contribution is -0.412. The van der Waals surface area contributed by atoms with E-state index >= 15 is 0 Å². The molecule has 0 aromatic heterocycles. The summed E-state index contributed by atoms with van der Waals surface area (Å²) in [6, 6.07) is 0. The summed E-state index contributed by atoms with van der Waals surface area (Å²) in [5, 5.41) is 0. The third-order valence-corrected chi connectivity index (χ3v) is 1.83. The van der Waals surface area contributed by atoms with Crippen LogP contribution in [0, 0.1) is 0 Å². The topological polar surface area (TPSA) is 60.4 Å². The number of ether oxygens (including phenoxy) is 1. The molecule has 0 spiro atoms. The third kappa shape index (κ3) is 3.96. The van der Waals surface area contributed by atoms with Crippen LogP contribution in [-0.2, 0) is 19.8 Å². The van der Waals surface area contributed by atoms with E-state index in [9.17, 15) is 47.8 Å². The first-order chi connectivity index (χ1) is 7.60. The van der Waals surface area contributed by atoms with Crippen molar-refractivity contribution in [3.8, 4) is 0 Å². The van der Waals surface area contributed by atoms with Crippen LogP contribution in [0.4, 0.5) is 34.6 Å². The Morgan fingerprint density at radius 1 is 1.00 bits per heavy atom. The van der Waals surface area contributed by atoms with Gasteiger partial charge in [0.25, 0.3) is 0 Å². The van der Waals surface area contributed by atoms with E-state index in [2.05, 4.69) is 4.74 Å². The Balaban J connectivity index is 5.03. The molecule has 4 nitrogen and oxygen atoms in total. The van der Waals surface area contributed by atoms with Crippen LogP contribution < -0.4 is 0 Å². The van der Waals surface area contributed by atoms with E-state index in [1.165, 1.54) is 0 Å². The summed E-state index contributed by atoms with van der Waals surface area (Å²) in [6.07, 6.45) is -13.1. The van der Waals surface area contributed by atoms with Gasteiger partial charge in [0.05, 0.1) is 0 Å². The monoisotopic (exact) mass is 310 g/mol. The van der Waals surface area contributed by atoms with Crippen LogP contribution in [0.5, 0.6) is 0 Å². The highest BCUT2D eigenvalue weighted by atomic mass is 32.3. The van der Waals surface area contributed by atoms with Crippen molar-refractivity contribution in [3.05, 3.63) is 0 Å². The normalized spacial score (nSPS) is 14.4. The molecular formula is C5H2F8O4S. The van der Waals surface area contributed by atoms with E-state index in [4.69, 9.17) is 0 Å². The molecule has 0 saturated carbocycles. The van der Waals surface area contributed by atoms with Crippen LogP contribution in [0.3, 0.4) is 0 Å². The molecule has 0 heterocycles. The van der Waals surface area contributed by atoms with Crippen molar-refractivity contribution in [2.45, 2.75) is 18.2 Å². The molecule has 108 valence electrons. The molecule has 0 aliphatic heterocycles. The molecule has 0 atom stereocenters. The van der Waals surface area contributed by atoms with Crippen molar-refractivity contribution < 1.29 is 52.6 Å². The smallest absolute Gasteiger partial charge is 0.395 e. The number of carbonyl (C=O) groups is 1. The van der Waals surface area contributed by atoms with Gasteiger partial charge in [0, 0.05) is 0 Å². The Hall–Kier alpha value is -1.14. The Morgan fingerprint density at radius 3 is 1.67 bits per heavy atom. The number of alkyl halides is 7. The second kappa shape index (κ2) is 4.51. The van der Waals surface area contributed by atoms with Gasteiger partial charge >= 0.3 is 34.4 Å². The highest BCUT2D eigenvalue weighted by Gasteiger charge is 2.76. The lowest BCUT2D eigenvalue weighted by Crippen LogP contribution is -2.54. The van der Waals surface area contributed by atoms with Gasteiger partial charge in [-0.2, -0.15) is 39.2 Å². The van der Waals surface area contributed by atoms with Crippen molar-refractivity contribution >= 4 is 16.2 Å². The minimum atomic E-state index is -6.76. The van der Waals surface area contributed by atoms with E-state index in [-0.39, 0.29) is 0 Å². The first-order valence-electron chi connectivity index (χ1n) is 3.57. The van der Waals surface area contributed by atoms with E-state index in [1.54, 1.807) is 0 Å². The standard InChI is InChI=1S/C5H2F8O4S/c6-3(7,4(8,9)10)5(11,12)17-2(14)1-18(13,15)16/h1H2. The number of halogens is 8. The number of esters is 1. The van der Waals surface area contributed by atoms with Gasteiger partial charge < -0.3 is 4.74 Å². The van der Waals surface area contributed by atoms with Crippen LogP contribution in [0.2, 0.25) is 0 Å². The minimum Gasteiger partial charge on any atom is -0.395 e. The van der Waals surface area contributed by atoms with Crippen molar-refractivity contribution in [3.63, 3.8) is 0 Å². The van der Waals surface area contributed by atoms with Gasteiger partial charge in [-0.05, 0) is 0 Å². The molecule has 0 amide bonds. The lowest BCUT2D eigenvalue weighted by atomic mass is 10.3. The average molecular weight is 310 g/mol. The summed E-state index contributed by atoms with van der Waals surface area (Å²) in [6.45, 7) is 0. The van der Waals surface area contributed by atoms with Crippen molar-refractivity contribution in [1.29, 1.82) is 0 Å². The molecule has 18 heavy (non-hydrogen) atoms. The zero-order valence-electron chi connectivity index (χ0n) is 7.77. The second-order valence-electron chi connectivity index (χ2n) is 2.75. The molecule has 0 radical (unpaired) electrons. The SMILES string of the molecule is O=C(CS(=O)(=O)F)OC(F)(F)C(F)(F)C(F)(F)F. The predicted octanol–water partition coefficient (Wildman–Crippen LogP) is 1.62. The fourth-order valence-electron chi connectivity index (χ4n) is 0.542. The fraction of sp³-hybridized carbons (Fsp3) is 0.800. The predicted molar refractivity (Wildman–Crippen MR) is 36.9 cm³/mol. The molecule has 0 N–H and O–H groups in total. The van der Waals surface area contributed by atoms with Crippen LogP contribution >= 0.6 is 0 Å². The minimum absolute atomic E-state index is 2.34. The Morgan fingerprint density at radius 2 is 1.39 bits per heavy atom. The largest absolute Gasteiger partial charge is 0.476 e. The van der Waals surface area contributed by atoms with Crippen molar-refractivity contribution in [2.75, 3.05) is 5.75 Å². The maximum absolute atomic E-state index is 12.3. The maximum Gasteiger partial charge on any atom is 0.476 e. The molecular weight excluding hydrogens is 308 g/mol. The highest BCUT2D eigenvalue weighted by molar-refractivity contribution is 7.87. The van der Waals surface area contributed by atoms with Gasteiger partial charge in [0.2, 0.25) is 0 Å². The second-order valence-corrected chi connectivity index (χ2v) is 4.11. The highest BCUT2D eigenvalue weighted by Crippen LogP contribution is 2.46. The molecule has 0 rings (SSSR count). The summed E-state index contributed by atoms with van der Waals surface area (Å²) in [7, 11) is -5.71. The van der Waals surface area contributed by atoms with Crippen LogP contribution in [0.1, 0.15) is 0 Å². The number of carbonyl (C=O) groups excluding carboxylic acids is 1. The van der Waals surface area contributed by atoms with Gasteiger partial charge in [-0.1, -0.05) is 0 Å². The molecule has 0 aromatic rings. The molecule has 0 saturated heterocycles. The molecule has 0 aromatic carbocycles. The summed E-state index contributed by atoms with van der Waals surface area (Å²) >= 11 is 0. The quantitative estimate of drug-likeness (QED) is 0.450. The Kier molecular flexibility index (Phi) is 4.23. The molecule has 13 heteroatoms. The van der Waals surface area contributed by atoms with Gasteiger partial charge in [0.15, 0.2) is 5.75 Å². The van der Waals surface area contributed by atoms with E-state index in [0.717, 1.165) is 0 Å². The number of hydrogen-bond donors (Lipinski definition) is 0. The summed E-state index contributed by atoms with van der Waals surface area (Å²) in [4.78, 5) is 10.2. The molecule has 0 aliphatic rings. The van der Waals surface area contributed by atoms with Gasteiger partial charge in [-0.15, -0.1) is 3.89 Å². The van der Waals surface area contributed by atoms with E-state index in [0.29, 0.717) is 0 Å².